The largest absolute Gasteiger partial charge is 0.459 e. The fraction of sp³-hybridized carbons (Fsp3) is 0.333. The quantitative estimate of drug-likeness (QED) is 0.474. The third kappa shape index (κ3) is 4.03. The van der Waals surface area contributed by atoms with E-state index in [2.05, 4.69) is 5.10 Å². The Morgan fingerprint density at radius 1 is 1.07 bits per heavy atom. The number of nitrogens with zero attached hydrogens (tertiary/aromatic N) is 2. The zero-order valence-electron chi connectivity index (χ0n) is 13.4. The van der Waals surface area contributed by atoms with Crippen LogP contribution >= 0.6 is 0 Å². The average molecular weight is 401 g/mol. The normalized spacial score (nSPS) is 13.1. The Balaban J connectivity index is 2.57. The SMILES string of the molecule is Cc1cc(Cn2nc(C(F)(F)C(F)(F)F)cc2C(=O)C(F)(F)F)ccc1N. The number of ketones is 1. The van der Waals surface area contributed by atoms with E-state index in [1.54, 1.807) is 6.92 Å². The molecule has 0 unspecified atom stereocenters. The highest BCUT2D eigenvalue weighted by Crippen LogP contribution is 2.43. The van der Waals surface area contributed by atoms with Gasteiger partial charge in [-0.25, -0.2) is 0 Å². The first-order valence-corrected chi connectivity index (χ1v) is 7.14. The maximum Gasteiger partial charge on any atom is 0.459 e. The second kappa shape index (κ2) is 6.50. The standard InChI is InChI=1S/C15H11F8N3O/c1-7-4-8(2-3-9(7)24)6-26-10(12(27)14(18,19)20)5-11(25-26)13(16,17)15(21,22)23/h2-5H,6,24H2,1H3. The molecule has 4 nitrogen and oxygen atoms in total. The Hall–Kier alpha value is -2.66. The van der Waals surface area contributed by atoms with Crippen molar-refractivity contribution in [3.63, 3.8) is 0 Å². The molecule has 2 aromatic rings. The third-order valence-corrected chi connectivity index (χ3v) is 3.61. The minimum absolute atomic E-state index is 0.162. The van der Waals surface area contributed by atoms with E-state index < -0.39 is 42.0 Å². The fourth-order valence-corrected chi connectivity index (χ4v) is 2.17. The number of alkyl halides is 8. The van der Waals surface area contributed by atoms with Gasteiger partial charge in [0.1, 0.15) is 11.4 Å². The topological polar surface area (TPSA) is 60.9 Å². The maximum absolute atomic E-state index is 13.5. The predicted octanol–water partition coefficient (Wildman–Crippen LogP) is 4.22. The van der Waals surface area contributed by atoms with E-state index in [-0.39, 0.29) is 16.3 Å². The van der Waals surface area contributed by atoms with Crippen LogP contribution in [0.2, 0.25) is 0 Å². The maximum atomic E-state index is 13.5. The summed E-state index contributed by atoms with van der Waals surface area (Å²) >= 11 is 0. The summed E-state index contributed by atoms with van der Waals surface area (Å²) in [5, 5.41) is 2.92. The number of halogens is 8. The molecule has 27 heavy (non-hydrogen) atoms. The number of aromatic nitrogens is 2. The molecule has 148 valence electrons. The number of carbonyl (C=O) groups is 1. The molecule has 0 fully saturated rings. The Kier molecular flexibility index (Phi) is 4.97. The molecule has 0 aliphatic carbocycles. The van der Waals surface area contributed by atoms with Gasteiger partial charge in [0.2, 0.25) is 0 Å². The van der Waals surface area contributed by atoms with E-state index in [0.717, 1.165) is 0 Å². The van der Waals surface area contributed by atoms with Gasteiger partial charge >= 0.3 is 18.3 Å². The van der Waals surface area contributed by atoms with Crippen molar-refractivity contribution in [3.05, 3.63) is 46.8 Å². The van der Waals surface area contributed by atoms with Crippen LogP contribution in [0.1, 0.15) is 27.3 Å². The van der Waals surface area contributed by atoms with Crippen LogP contribution in [0.15, 0.2) is 24.3 Å². The van der Waals surface area contributed by atoms with Gasteiger partial charge in [-0.05, 0) is 30.2 Å². The summed E-state index contributed by atoms with van der Waals surface area (Å²) in [5.41, 5.74) is 3.15. The lowest BCUT2D eigenvalue weighted by Gasteiger charge is -2.16. The molecule has 0 aliphatic rings. The van der Waals surface area contributed by atoms with Gasteiger partial charge in [0, 0.05) is 5.69 Å². The van der Waals surface area contributed by atoms with Crippen molar-refractivity contribution < 1.29 is 39.9 Å². The number of nitrogens with two attached hydrogens (primary N) is 1. The monoisotopic (exact) mass is 401 g/mol. The predicted molar refractivity (Wildman–Crippen MR) is 77.3 cm³/mol. The fourth-order valence-electron chi connectivity index (χ4n) is 2.17. The molecule has 0 bridgehead atoms. The number of Topliss-reactive ketones (excluding diaryl/α,β-unsaturated/α-hetero) is 1. The molecule has 0 amide bonds. The molecule has 1 aromatic heterocycles. The molecule has 0 spiro atoms. The number of carbonyl (C=O) groups excluding carboxylic acids is 1. The zero-order valence-corrected chi connectivity index (χ0v) is 13.4. The summed E-state index contributed by atoms with van der Waals surface area (Å²) < 4.78 is 103. The highest BCUT2D eigenvalue weighted by atomic mass is 19.4. The highest BCUT2D eigenvalue weighted by Gasteiger charge is 2.61. The lowest BCUT2D eigenvalue weighted by atomic mass is 10.1. The lowest BCUT2D eigenvalue weighted by Crippen LogP contribution is -2.34. The summed E-state index contributed by atoms with van der Waals surface area (Å²) in [6.45, 7) is 0.902. The van der Waals surface area contributed by atoms with Gasteiger partial charge in [-0.2, -0.15) is 40.2 Å². The van der Waals surface area contributed by atoms with Crippen molar-refractivity contribution in [1.29, 1.82) is 0 Å². The smallest absolute Gasteiger partial charge is 0.399 e. The number of nitrogen functional groups attached to an aromatic ring is 1. The summed E-state index contributed by atoms with van der Waals surface area (Å²) in [5.74, 6) is -8.12. The summed E-state index contributed by atoms with van der Waals surface area (Å²) in [4.78, 5) is 11.5. The van der Waals surface area contributed by atoms with Crippen LogP contribution in [-0.2, 0) is 12.5 Å². The van der Waals surface area contributed by atoms with Crippen molar-refractivity contribution in [2.75, 3.05) is 5.73 Å². The molecule has 0 atom stereocenters. The van der Waals surface area contributed by atoms with Crippen LogP contribution in [0.25, 0.3) is 0 Å². The van der Waals surface area contributed by atoms with Crippen LogP contribution in [0.5, 0.6) is 0 Å². The molecular weight excluding hydrogens is 390 g/mol. The highest BCUT2D eigenvalue weighted by molar-refractivity contribution is 5.99. The summed E-state index contributed by atoms with van der Waals surface area (Å²) in [6, 6.07) is 3.85. The van der Waals surface area contributed by atoms with E-state index in [4.69, 9.17) is 5.73 Å². The number of benzene rings is 1. The van der Waals surface area contributed by atoms with Gasteiger partial charge in [-0.3, -0.25) is 9.48 Å². The lowest BCUT2D eigenvalue weighted by molar-refractivity contribution is -0.291. The number of hydrogen-bond acceptors (Lipinski definition) is 3. The number of hydrogen-bond donors (Lipinski definition) is 1. The van der Waals surface area contributed by atoms with Gasteiger partial charge in [0.15, 0.2) is 0 Å². The van der Waals surface area contributed by atoms with E-state index in [1.807, 2.05) is 0 Å². The minimum atomic E-state index is -6.09. The first-order valence-electron chi connectivity index (χ1n) is 7.14. The molecule has 0 aliphatic heterocycles. The van der Waals surface area contributed by atoms with E-state index in [0.29, 0.717) is 11.3 Å². The van der Waals surface area contributed by atoms with E-state index >= 15 is 0 Å². The molecule has 1 heterocycles. The Bertz CT molecular complexity index is 867. The van der Waals surface area contributed by atoms with Gasteiger partial charge in [0.25, 0.3) is 5.78 Å². The van der Waals surface area contributed by atoms with Gasteiger partial charge < -0.3 is 5.73 Å². The zero-order chi connectivity index (χ0) is 20.8. The van der Waals surface area contributed by atoms with Crippen LogP contribution in [0.4, 0.5) is 40.8 Å². The molecule has 1 aromatic carbocycles. The molecular formula is C15H11F8N3O. The Morgan fingerprint density at radius 3 is 2.15 bits per heavy atom. The minimum Gasteiger partial charge on any atom is -0.399 e. The Morgan fingerprint density at radius 2 is 1.67 bits per heavy atom. The summed E-state index contributed by atoms with van der Waals surface area (Å²) in [7, 11) is 0. The summed E-state index contributed by atoms with van der Waals surface area (Å²) in [6.07, 6.45) is -11.6. The Labute approximate surface area is 146 Å². The van der Waals surface area contributed by atoms with Gasteiger partial charge in [0.05, 0.1) is 6.54 Å². The van der Waals surface area contributed by atoms with Crippen LogP contribution < -0.4 is 5.73 Å². The van der Waals surface area contributed by atoms with E-state index in [1.165, 1.54) is 18.2 Å². The first-order chi connectivity index (χ1) is 12.1. The van der Waals surface area contributed by atoms with Gasteiger partial charge in [-0.15, -0.1) is 0 Å². The third-order valence-electron chi connectivity index (χ3n) is 3.61. The van der Waals surface area contributed by atoms with Crippen molar-refractivity contribution in [3.8, 4) is 0 Å². The second-order valence-corrected chi connectivity index (χ2v) is 5.66. The molecule has 2 N–H and O–H groups in total. The van der Waals surface area contributed by atoms with E-state index in [9.17, 15) is 39.9 Å². The molecule has 0 saturated heterocycles. The van der Waals surface area contributed by atoms with Crippen molar-refractivity contribution in [1.82, 2.24) is 9.78 Å². The molecule has 12 heteroatoms. The molecule has 2 rings (SSSR count). The van der Waals surface area contributed by atoms with Crippen LogP contribution in [0, 0.1) is 6.92 Å². The van der Waals surface area contributed by atoms with Crippen molar-refractivity contribution in [2.24, 2.45) is 0 Å². The van der Waals surface area contributed by atoms with Crippen molar-refractivity contribution in [2.45, 2.75) is 31.7 Å². The number of rotatable bonds is 4. The first kappa shape index (κ1) is 20.6. The van der Waals surface area contributed by atoms with Crippen LogP contribution in [0.3, 0.4) is 0 Å². The van der Waals surface area contributed by atoms with Crippen molar-refractivity contribution >= 4 is 11.5 Å². The average Bonchev–Trinajstić information content (AvgIpc) is 2.92. The molecule has 0 saturated carbocycles. The number of anilines is 1. The second-order valence-electron chi connectivity index (χ2n) is 5.66. The molecule has 0 radical (unpaired) electrons. The van der Waals surface area contributed by atoms with Gasteiger partial charge in [-0.1, -0.05) is 12.1 Å². The number of aryl methyl sites for hydroxylation is 1. The van der Waals surface area contributed by atoms with Crippen LogP contribution in [-0.4, -0.2) is 27.9 Å².